The van der Waals surface area contributed by atoms with Gasteiger partial charge in [-0.05, 0) is 37.1 Å². The second-order valence-corrected chi connectivity index (χ2v) is 10.6. The van der Waals surface area contributed by atoms with Gasteiger partial charge in [0, 0.05) is 32.2 Å². The lowest BCUT2D eigenvalue weighted by atomic mass is 10.2. The Morgan fingerprint density at radius 2 is 1.34 bits per heavy atom. The normalized spacial score (nSPS) is 16.6. The molecule has 0 N–H and O–H groups in total. The van der Waals surface area contributed by atoms with Crippen LogP contribution in [0.15, 0.2) is 52.3 Å². The lowest BCUT2D eigenvalue weighted by molar-refractivity contribution is -0.387. The zero-order valence-corrected chi connectivity index (χ0v) is 17.6. The standard InChI is InChI=1S/C18H21N3O6S2/c1-14-7-8-15(2)18(13-14)29(26,27)20-11-9-19(10-12-20)28(24,25)17-6-4-3-5-16(17)21(22)23/h3-8,13H,9-12H2,1-2H3. The van der Waals surface area contributed by atoms with Gasteiger partial charge >= 0.3 is 0 Å². The molecule has 11 heteroatoms. The van der Waals surface area contributed by atoms with Crippen molar-refractivity contribution in [3.63, 3.8) is 0 Å². The number of rotatable bonds is 5. The Balaban J connectivity index is 1.84. The summed E-state index contributed by atoms with van der Waals surface area (Å²) in [5, 5.41) is 11.2. The third-order valence-electron chi connectivity index (χ3n) is 4.84. The smallest absolute Gasteiger partial charge is 0.258 e. The topological polar surface area (TPSA) is 118 Å². The van der Waals surface area contributed by atoms with E-state index in [0.29, 0.717) is 5.56 Å². The Morgan fingerprint density at radius 1 is 0.828 bits per heavy atom. The maximum Gasteiger partial charge on any atom is 0.289 e. The highest BCUT2D eigenvalue weighted by molar-refractivity contribution is 7.89. The van der Waals surface area contributed by atoms with Crippen LogP contribution < -0.4 is 0 Å². The molecule has 0 saturated carbocycles. The van der Waals surface area contributed by atoms with Crippen molar-refractivity contribution in [1.82, 2.24) is 8.61 Å². The largest absolute Gasteiger partial charge is 0.289 e. The molecular weight excluding hydrogens is 418 g/mol. The molecule has 0 amide bonds. The van der Waals surface area contributed by atoms with E-state index in [1.807, 2.05) is 6.07 Å². The van der Waals surface area contributed by atoms with Crippen LogP contribution in [0.1, 0.15) is 11.1 Å². The summed E-state index contributed by atoms with van der Waals surface area (Å²) in [6.07, 6.45) is 0. The third-order valence-corrected chi connectivity index (χ3v) is 8.83. The summed E-state index contributed by atoms with van der Waals surface area (Å²) in [5.74, 6) is 0. The number of nitro groups is 1. The van der Waals surface area contributed by atoms with Gasteiger partial charge in [0.05, 0.1) is 9.82 Å². The van der Waals surface area contributed by atoms with Crippen molar-refractivity contribution in [2.24, 2.45) is 0 Å². The third kappa shape index (κ3) is 4.04. The SMILES string of the molecule is Cc1ccc(C)c(S(=O)(=O)N2CCN(S(=O)(=O)c3ccccc3[N+](=O)[O-])CC2)c1. The van der Waals surface area contributed by atoms with Crippen LogP contribution in [0.2, 0.25) is 0 Å². The van der Waals surface area contributed by atoms with Crippen molar-refractivity contribution in [3.05, 3.63) is 63.7 Å². The second-order valence-electron chi connectivity index (χ2n) is 6.80. The van der Waals surface area contributed by atoms with E-state index >= 15 is 0 Å². The summed E-state index contributed by atoms with van der Waals surface area (Å²) in [4.78, 5) is 10.3. The van der Waals surface area contributed by atoms with Gasteiger partial charge in [0.25, 0.3) is 5.69 Å². The lowest BCUT2D eigenvalue weighted by Gasteiger charge is -2.33. The fraction of sp³-hybridized carbons (Fsp3) is 0.333. The molecule has 0 aliphatic carbocycles. The first kappa shape index (κ1) is 21.4. The molecule has 29 heavy (non-hydrogen) atoms. The molecule has 0 atom stereocenters. The van der Waals surface area contributed by atoms with Crippen LogP contribution in [0.3, 0.4) is 0 Å². The maximum absolute atomic E-state index is 13.0. The molecule has 0 spiro atoms. The molecule has 0 radical (unpaired) electrons. The number of piperazine rings is 1. The average molecular weight is 440 g/mol. The average Bonchev–Trinajstić information content (AvgIpc) is 2.69. The number of hydrogen-bond donors (Lipinski definition) is 0. The lowest BCUT2D eigenvalue weighted by Crippen LogP contribution is -2.50. The monoisotopic (exact) mass is 439 g/mol. The molecular formula is C18H21N3O6S2. The summed E-state index contributed by atoms with van der Waals surface area (Å²) in [7, 11) is -7.88. The summed E-state index contributed by atoms with van der Waals surface area (Å²) in [6.45, 7) is 3.28. The number of hydrogen-bond acceptors (Lipinski definition) is 6. The molecule has 2 aromatic carbocycles. The van der Waals surface area contributed by atoms with E-state index in [9.17, 15) is 26.9 Å². The van der Waals surface area contributed by atoms with Crippen LogP contribution in [0.4, 0.5) is 5.69 Å². The molecule has 0 aromatic heterocycles. The highest BCUT2D eigenvalue weighted by Gasteiger charge is 2.36. The van der Waals surface area contributed by atoms with Crippen LogP contribution in [0, 0.1) is 24.0 Å². The maximum atomic E-state index is 13.0. The van der Waals surface area contributed by atoms with Crippen molar-refractivity contribution in [3.8, 4) is 0 Å². The summed E-state index contributed by atoms with van der Waals surface area (Å²) < 4.78 is 54.1. The minimum atomic E-state index is -4.12. The molecule has 1 heterocycles. The number of para-hydroxylation sites is 1. The van der Waals surface area contributed by atoms with Crippen LogP contribution in [-0.4, -0.2) is 56.5 Å². The number of aryl methyl sites for hydroxylation is 2. The predicted molar refractivity (Wildman–Crippen MR) is 107 cm³/mol. The second kappa shape index (κ2) is 7.82. The van der Waals surface area contributed by atoms with Crippen LogP contribution in [0.25, 0.3) is 0 Å². The first-order valence-corrected chi connectivity index (χ1v) is 11.7. The molecule has 1 aliphatic heterocycles. The van der Waals surface area contributed by atoms with E-state index in [1.54, 1.807) is 26.0 Å². The van der Waals surface area contributed by atoms with Crippen LogP contribution in [-0.2, 0) is 20.0 Å². The fourth-order valence-electron chi connectivity index (χ4n) is 3.24. The molecule has 1 fully saturated rings. The van der Waals surface area contributed by atoms with E-state index < -0.39 is 35.6 Å². The molecule has 1 aliphatic rings. The highest BCUT2D eigenvalue weighted by Crippen LogP contribution is 2.28. The molecule has 0 bridgehead atoms. The van der Waals surface area contributed by atoms with Crippen LogP contribution >= 0.6 is 0 Å². The zero-order valence-electron chi connectivity index (χ0n) is 16.0. The number of benzene rings is 2. The Hall–Kier alpha value is -2.34. The Morgan fingerprint density at radius 3 is 1.90 bits per heavy atom. The Bertz CT molecular complexity index is 1150. The van der Waals surface area contributed by atoms with Crippen molar-refractivity contribution < 1.29 is 21.8 Å². The van der Waals surface area contributed by atoms with E-state index in [4.69, 9.17) is 0 Å². The van der Waals surface area contributed by atoms with Gasteiger partial charge in [-0.15, -0.1) is 0 Å². The van der Waals surface area contributed by atoms with Crippen molar-refractivity contribution in [2.45, 2.75) is 23.6 Å². The van der Waals surface area contributed by atoms with Gasteiger partial charge in [-0.2, -0.15) is 8.61 Å². The number of nitro benzene ring substituents is 1. The van der Waals surface area contributed by atoms with E-state index in [2.05, 4.69) is 0 Å². The molecule has 9 nitrogen and oxygen atoms in total. The summed E-state index contributed by atoms with van der Waals surface area (Å²) in [6, 6.07) is 10.3. The summed E-state index contributed by atoms with van der Waals surface area (Å²) >= 11 is 0. The first-order chi connectivity index (χ1) is 13.5. The Labute approximate surface area is 169 Å². The predicted octanol–water partition coefficient (Wildman–Crippen LogP) is 1.91. The molecule has 156 valence electrons. The fourth-order valence-corrected chi connectivity index (χ4v) is 6.55. The minimum Gasteiger partial charge on any atom is -0.258 e. The quantitative estimate of drug-likeness (QED) is 0.519. The van der Waals surface area contributed by atoms with Crippen molar-refractivity contribution >= 4 is 25.7 Å². The van der Waals surface area contributed by atoms with E-state index in [0.717, 1.165) is 15.9 Å². The van der Waals surface area contributed by atoms with Gasteiger partial charge in [-0.25, -0.2) is 16.8 Å². The van der Waals surface area contributed by atoms with Crippen molar-refractivity contribution in [1.29, 1.82) is 0 Å². The minimum absolute atomic E-state index is 0.0322. The highest BCUT2D eigenvalue weighted by atomic mass is 32.2. The summed E-state index contributed by atoms with van der Waals surface area (Å²) in [5.41, 5.74) is 0.926. The van der Waals surface area contributed by atoms with E-state index in [-0.39, 0.29) is 31.1 Å². The molecule has 0 unspecified atom stereocenters. The van der Waals surface area contributed by atoms with Gasteiger partial charge in [-0.1, -0.05) is 24.3 Å². The van der Waals surface area contributed by atoms with Gasteiger partial charge in [0.2, 0.25) is 20.0 Å². The van der Waals surface area contributed by atoms with Gasteiger partial charge in [0.15, 0.2) is 4.90 Å². The van der Waals surface area contributed by atoms with Crippen LogP contribution in [0.5, 0.6) is 0 Å². The molecule has 3 rings (SSSR count). The first-order valence-electron chi connectivity index (χ1n) is 8.86. The van der Waals surface area contributed by atoms with Gasteiger partial charge in [0.1, 0.15) is 0 Å². The van der Waals surface area contributed by atoms with Gasteiger partial charge < -0.3 is 0 Å². The van der Waals surface area contributed by atoms with Gasteiger partial charge in [-0.3, -0.25) is 10.1 Å². The Kier molecular flexibility index (Phi) is 5.77. The number of nitrogens with zero attached hydrogens (tertiary/aromatic N) is 3. The van der Waals surface area contributed by atoms with E-state index in [1.165, 1.54) is 22.5 Å². The zero-order chi connectivity index (χ0) is 21.4. The van der Waals surface area contributed by atoms with Crippen molar-refractivity contribution in [2.75, 3.05) is 26.2 Å². The number of sulfonamides is 2. The molecule has 1 saturated heterocycles. The molecule has 2 aromatic rings.